The zero-order valence-electron chi connectivity index (χ0n) is 11.4. The van der Waals surface area contributed by atoms with Gasteiger partial charge in [-0.05, 0) is 37.3 Å². The molecule has 0 unspecified atom stereocenters. The monoisotopic (exact) mass is 268 g/mol. The second-order valence-electron chi connectivity index (χ2n) is 4.58. The predicted molar refractivity (Wildman–Crippen MR) is 79.9 cm³/mol. The normalized spacial score (nSPS) is 9.90. The fourth-order valence-corrected chi connectivity index (χ4v) is 1.78. The standard InChI is InChI=1S/C16H16N2O2/c1-11-6-8-14(9-7-11)18-16(20)13-4-3-5-15(10-13)17-12(2)19/h3-10H,1-2H3,(H,17,19)(H,18,20). The summed E-state index contributed by atoms with van der Waals surface area (Å²) in [7, 11) is 0. The Morgan fingerprint density at radius 1 is 0.900 bits per heavy atom. The second-order valence-corrected chi connectivity index (χ2v) is 4.58. The average Bonchev–Trinajstić information content (AvgIpc) is 2.41. The number of carbonyl (C=O) groups excluding carboxylic acids is 2. The van der Waals surface area contributed by atoms with Gasteiger partial charge in [-0.1, -0.05) is 23.8 Å². The molecule has 0 heterocycles. The van der Waals surface area contributed by atoms with Gasteiger partial charge in [-0.25, -0.2) is 0 Å². The minimum absolute atomic E-state index is 0.166. The smallest absolute Gasteiger partial charge is 0.255 e. The molecule has 2 aromatic carbocycles. The van der Waals surface area contributed by atoms with E-state index in [0.717, 1.165) is 11.3 Å². The molecule has 4 nitrogen and oxygen atoms in total. The molecule has 0 saturated heterocycles. The van der Waals surface area contributed by atoms with E-state index >= 15 is 0 Å². The Hall–Kier alpha value is -2.62. The molecule has 0 spiro atoms. The molecule has 20 heavy (non-hydrogen) atoms. The SMILES string of the molecule is CC(=O)Nc1cccc(C(=O)Nc2ccc(C)cc2)c1. The fourth-order valence-electron chi connectivity index (χ4n) is 1.78. The molecule has 0 aliphatic rings. The summed E-state index contributed by atoms with van der Waals surface area (Å²) >= 11 is 0. The lowest BCUT2D eigenvalue weighted by Gasteiger charge is -2.07. The Labute approximate surface area is 117 Å². The van der Waals surface area contributed by atoms with E-state index in [1.165, 1.54) is 6.92 Å². The number of nitrogens with one attached hydrogen (secondary N) is 2. The first kappa shape index (κ1) is 13.8. The van der Waals surface area contributed by atoms with E-state index in [1.54, 1.807) is 24.3 Å². The summed E-state index contributed by atoms with van der Waals surface area (Å²) in [4.78, 5) is 23.1. The topological polar surface area (TPSA) is 58.2 Å². The minimum atomic E-state index is -0.207. The summed E-state index contributed by atoms with van der Waals surface area (Å²) in [6.07, 6.45) is 0. The summed E-state index contributed by atoms with van der Waals surface area (Å²) in [6, 6.07) is 14.4. The van der Waals surface area contributed by atoms with Crippen LogP contribution in [0.5, 0.6) is 0 Å². The highest BCUT2D eigenvalue weighted by Gasteiger charge is 2.07. The first-order valence-electron chi connectivity index (χ1n) is 6.30. The van der Waals surface area contributed by atoms with E-state index in [0.29, 0.717) is 11.3 Å². The first-order chi connectivity index (χ1) is 9.54. The van der Waals surface area contributed by atoms with Crippen molar-refractivity contribution in [3.63, 3.8) is 0 Å². The maximum atomic E-state index is 12.1. The zero-order valence-corrected chi connectivity index (χ0v) is 11.4. The van der Waals surface area contributed by atoms with Crippen LogP contribution < -0.4 is 10.6 Å². The van der Waals surface area contributed by atoms with Crippen molar-refractivity contribution < 1.29 is 9.59 Å². The third-order valence-electron chi connectivity index (χ3n) is 2.75. The lowest BCUT2D eigenvalue weighted by atomic mass is 10.1. The Morgan fingerprint density at radius 2 is 1.60 bits per heavy atom. The quantitative estimate of drug-likeness (QED) is 0.898. The highest BCUT2D eigenvalue weighted by Crippen LogP contribution is 2.14. The molecule has 0 atom stereocenters. The van der Waals surface area contributed by atoms with Crippen LogP contribution in [0.25, 0.3) is 0 Å². The zero-order chi connectivity index (χ0) is 14.5. The van der Waals surface area contributed by atoms with E-state index in [9.17, 15) is 9.59 Å². The Kier molecular flexibility index (Phi) is 4.15. The summed E-state index contributed by atoms with van der Waals surface area (Å²) in [5, 5.41) is 5.47. The van der Waals surface area contributed by atoms with E-state index in [1.807, 2.05) is 31.2 Å². The van der Waals surface area contributed by atoms with Crippen LogP contribution in [0.3, 0.4) is 0 Å². The van der Waals surface area contributed by atoms with E-state index in [-0.39, 0.29) is 11.8 Å². The molecule has 0 aromatic heterocycles. The molecule has 0 aliphatic carbocycles. The molecular formula is C16H16N2O2. The van der Waals surface area contributed by atoms with Gasteiger partial charge in [-0.3, -0.25) is 9.59 Å². The number of benzene rings is 2. The Morgan fingerprint density at radius 3 is 2.25 bits per heavy atom. The van der Waals surface area contributed by atoms with Crippen LogP contribution in [-0.2, 0) is 4.79 Å². The van der Waals surface area contributed by atoms with Crippen molar-refractivity contribution in [3.05, 3.63) is 59.7 Å². The second kappa shape index (κ2) is 6.02. The average molecular weight is 268 g/mol. The van der Waals surface area contributed by atoms with Crippen molar-refractivity contribution in [2.75, 3.05) is 10.6 Å². The van der Waals surface area contributed by atoms with Gasteiger partial charge in [0.25, 0.3) is 5.91 Å². The molecule has 2 aromatic rings. The molecule has 0 fully saturated rings. The number of amides is 2. The maximum Gasteiger partial charge on any atom is 0.255 e. The van der Waals surface area contributed by atoms with Crippen LogP contribution in [0.2, 0.25) is 0 Å². The molecule has 0 bridgehead atoms. The van der Waals surface area contributed by atoms with Crippen molar-refractivity contribution in [2.45, 2.75) is 13.8 Å². The molecule has 0 saturated carbocycles. The third-order valence-corrected chi connectivity index (χ3v) is 2.75. The number of hydrogen-bond acceptors (Lipinski definition) is 2. The lowest BCUT2D eigenvalue weighted by Crippen LogP contribution is -2.13. The fraction of sp³-hybridized carbons (Fsp3) is 0.125. The predicted octanol–water partition coefficient (Wildman–Crippen LogP) is 3.21. The Bertz CT molecular complexity index is 633. The van der Waals surface area contributed by atoms with Crippen molar-refractivity contribution in [1.29, 1.82) is 0 Å². The molecule has 2 amide bonds. The van der Waals surface area contributed by atoms with Crippen molar-refractivity contribution in [3.8, 4) is 0 Å². The molecule has 4 heteroatoms. The Balaban J connectivity index is 2.12. The summed E-state index contributed by atoms with van der Waals surface area (Å²) in [6.45, 7) is 3.42. The van der Waals surface area contributed by atoms with Crippen LogP contribution in [0, 0.1) is 6.92 Å². The van der Waals surface area contributed by atoms with Gasteiger partial charge in [0.2, 0.25) is 5.91 Å². The van der Waals surface area contributed by atoms with Gasteiger partial charge in [-0.2, -0.15) is 0 Å². The molecule has 2 N–H and O–H groups in total. The van der Waals surface area contributed by atoms with Gasteiger partial charge in [0, 0.05) is 23.9 Å². The summed E-state index contributed by atoms with van der Waals surface area (Å²) in [5.74, 6) is -0.373. The number of carbonyl (C=O) groups is 2. The largest absolute Gasteiger partial charge is 0.326 e. The van der Waals surface area contributed by atoms with Gasteiger partial charge in [-0.15, -0.1) is 0 Å². The highest BCUT2D eigenvalue weighted by molar-refractivity contribution is 6.05. The maximum absolute atomic E-state index is 12.1. The van der Waals surface area contributed by atoms with Gasteiger partial charge in [0.05, 0.1) is 0 Å². The van der Waals surface area contributed by atoms with E-state index < -0.39 is 0 Å². The van der Waals surface area contributed by atoms with Crippen LogP contribution >= 0.6 is 0 Å². The number of rotatable bonds is 3. The van der Waals surface area contributed by atoms with Gasteiger partial charge < -0.3 is 10.6 Å². The first-order valence-corrected chi connectivity index (χ1v) is 6.30. The number of hydrogen-bond donors (Lipinski definition) is 2. The van der Waals surface area contributed by atoms with E-state index in [2.05, 4.69) is 10.6 Å². The van der Waals surface area contributed by atoms with Crippen LogP contribution in [0.15, 0.2) is 48.5 Å². The third kappa shape index (κ3) is 3.68. The summed E-state index contributed by atoms with van der Waals surface area (Å²) < 4.78 is 0. The minimum Gasteiger partial charge on any atom is -0.326 e. The lowest BCUT2D eigenvalue weighted by molar-refractivity contribution is -0.114. The summed E-state index contributed by atoms with van der Waals surface area (Å²) in [5.41, 5.74) is 2.98. The van der Waals surface area contributed by atoms with E-state index in [4.69, 9.17) is 0 Å². The molecular weight excluding hydrogens is 252 g/mol. The molecule has 2 rings (SSSR count). The number of aryl methyl sites for hydroxylation is 1. The highest BCUT2D eigenvalue weighted by atomic mass is 16.2. The van der Waals surface area contributed by atoms with Crippen LogP contribution in [0.4, 0.5) is 11.4 Å². The van der Waals surface area contributed by atoms with Crippen LogP contribution in [-0.4, -0.2) is 11.8 Å². The molecule has 0 aliphatic heterocycles. The van der Waals surface area contributed by atoms with Gasteiger partial charge >= 0.3 is 0 Å². The molecule has 102 valence electrons. The van der Waals surface area contributed by atoms with Crippen molar-refractivity contribution >= 4 is 23.2 Å². The van der Waals surface area contributed by atoms with Gasteiger partial charge in [0.1, 0.15) is 0 Å². The van der Waals surface area contributed by atoms with Crippen molar-refractivity contribution in [1.82, 2.24) is 0 Å². The molecule has 0 radical (unpaired) electrons. The van der Waals surface area contributed by atoms with Gasteiger partial charge in [0.15, 0.2) is 0 Å². The van der Waals surface area contributed by atoms with Crippen molar-refractivity contribution in [2.24, 2.45) is 0 Å². The van der Waals surface area contributed by atoms with Crippen LogP contribution in [0.1, 0.15) is 22.8 Å². The number of anilines is 2.